The maximum absolute atomic E-state index is 13.4. The van der Waals surface area contributed by atoms with E-state index in [1.165, 1.54) is 16.0 Å². The summed E-state index contributed by atoms with van der Waals surface area (Å²) >= 11 is 1.69. The molecule has 0 bridgehead atoms. The third-order valence-electron chi connectivity index (χ3n) is 7.45. The summed E-state index contributed by atoms with van der Waals surface area (Å²) in [7, 11) is 1.88. The topological polar surface area (TPSA) is 64.7 Å². The van der Waals surface area contributed by atoms with Crippen LogP contribution in [0.25, 0.3) is 10.4 Å². The Labute approximate surface area is 237 Å². The van der Waals surface area contributed by atoms with Crippen LogP contribution < -0.4 is 15.5 Å². The SMILES string of the molecule is Cc1ccc(-c2cccs2)cc1N(CC(=O)NCCNC(C)C)CC(=O)N(C)CCC1Cc2ccccc2C1. The third kappa shape index (κ3) is 8.16. The smallest absolute Gasteiger partial charge is 0.241 e. The van der Waals surface area contributed by atoms with Crippen LogP contribution in [-0.2, 0) is 22.4 Å². The Hall–Kier alpha value is -3.16. The van der Waals surface area contributed by atoms with Crippen LogP contribution in [0.2, 0.25) is 0 Å². The number of likely N-dealkylation sites (N-methyl/N-ethyl adjacent to an activating group) is 1. The number of carbonyl (C=O) groups is 2. The number of amides is 2. The van der Waals surface area contributed by atoms with Crippen LogP contribution in [0.5, 0.6) is 0 Å². The highest BCUT2D eigenvalue weighted by molar-refractivity contribution is 7.13. The van der Waals surface area contributed by atoms with Crippen molar-refractivity contribution in [1.29, 1.82) is 0 Å². The average Bonchev–Trinajstić information content (AvgIpc) is 3.60. The molecule has 1 heterocycles. The zero-order valence-electron chi connectivity index (χ0n) is 23.7. The lowest BCUT2D eigenvalue weighted by molar-refractivity contribution is -0.128. The predicted octanol–water partition coefficient (Wildman–Crippen LogP) is 4.91. The van der Waals surface area contributed by atoms with E-state index in [-0.39, 0.29) is 24.9 Å². The van der Waals surface area contributed by atoms with Gasteiger partial charge in [-0.15, -0.1) is 11.3 Å². The van der Waals surface area contributed by atoms with Crippen molar-refractivity contribution < 1.29 is 9.59 Å². The third-order valence-corrected chi connectivity index (χ3v) is 8.37. The number of carbonyl (C=O) groups excluding carboxylic acids is 2. The van der Waals surface area contributed by atoms with Gasteiger partial charge in [-0.1, -0.05) is 56.3 Å². The molecule has 1 aromatic heterocycles. The summed E-state index contributed by atoms with van der Waals surface area (Å²) in [5.74, 6) is 0.519. The first-order valence-corrected chi connectivity index (χ1v) is 14.9. The van der Waals surface area contributed by atoms with Crippen LogP contribution in [0.4, 0.5) is 5.69 Å². The normalized spacial score (nSPS) is 12.9. The van der Waals surface area contributed by atoms with Crippen molar-refractivity contribution in [3.05, 3.63) is 76.7 Å². The quantitative estimate of drug-likeness (QED) is 0.299. The zero-order chi connectivity index (χ0) is 27.8. The molecule has 0 spiro atoms. The van der Waals surface area contributed by atoms with Crippen LogP contribution in [0.15, 0.2) is 60.0 Å². The minimum absolute atomic E-state index is 0.0284. The standard InChI is InChI=1S/C32H42N4O2S/c1-23(2)33-14-15-34-31(37)21-36(29-20-28(12-11-24(29)3)30-10-7-17-39-30)22-32(38)35(4)16-13-25-18-26-8-5-6-9-27(26)19-25/h5-12,17,20,23,25,33H,13-16,18-19,21-22H2,1-4H3,(H,34,37). The van der Waals surface area contributed by atoms with E-state index in [9.17, 15) is 9.59 Å². The summed E-state index contributed by atoms with van der Waals surface area (Å²) in [5.41, 5.74) is 5.95. The van der Waals surface area contributed by atoms with Gasteiger partial charge in [0.25, 0.3) is 0 Å². The van der Waals surface area contributed by atoms with Gasteiger partial charge in [0.1, 0.15) is 0 Å². The average molecular weight is 547 g/mol. The molecule has 208 valence electrons. The number of nitrogens with one attached hydrogen (secondary N) is 2. The van der Waals surface area contributed by atoms with Gasteiger partial charge in [-0.3, -0.25) is 9.59 Å². The van der Waals surface area contributed by atoms with Crippen molar-refractivity contribution in [1.82, 2.24) is 15.5 Å². The summed E-state index contributed by atoms with van der Waals surface area (Å²) in [4.78, 5) is 31.3. The number of aryl methyl sites for hydroxylation is 1. The highest BCUT2D eigenvalue weighted by atomic mass is 32.1. The Kier molecular flexibility index (Phi) is 10.2. The van der Waals surface area contributed by atoms with Gasteiger partial charge in [-0.05, 0) is 71.9 Å². The summed E-state index contributed by atoms with van der Waals surface area (Å²) in [6, 6.07) is 19.5. The van der Waals surface area contributed by atoms with E-state index in [2.05, 4.69) is 78.4 Å². The molecule has 2 N–H and O–H groups in total. The minimum atomic E-state index is -0.0827. The number of hydrogen-bond acceptors (Lipinski definition) is 5. The minimum Gasteiger partial charge on any atom is -0.353 e. The van der Waals surface area contributed by atoms with Crippen LogP contribution in [0.3, 0.4) is 0 Å². The molecular weight excluding hydrogens is 504 g/mol. The Morgan fingerprint density at radius 3 is 2.41 bits per heavy atom. The summed E-state index contributed by atoms with van der Waals surface area (Å²) in [6.45, 7) is 8.48. The van der Waals surface area contributed by atoms with Gasteiger partial charge in [0.05, 0.1) is 13.1 Å². The molecule has 0 aliphatic heterocycles. The molecule has 0 atom stereocenters. The number of thiophene rings is 1. The van der Waals surface area contributed by atoms with Gasteiger partial charge in [0.15, 0.2) is 0 Å². The first kappa shape index (κ1) is 28.8. The lowest BCUT2D eigenvalue weighted by Crippen LogP contribution is -2.45. The molecule has 2 aromatic carbocycles. The second-order valence-corrected chi connectivity index (χ2v) is 11.9. The largest absolute Gasteiger partial charge is 0.353 e. The van der Waals surface area contributed by atoms with Gasteiger partial charge in [0, 0.05) is 43.3 Å². The van der Waals surface area contributed by atoms with Crippen molar-refractivity contribution in [2.75, 3.05) is 44.7 Å². The Bertz CT molecular complexity index is 1220. The highest BCUT2D eigenvalue weighted by Gasteiger charge is 2.23. The second kappa shape index (κ2) is 13.8. The lowest BCUT2D eigenvalue weighted by atomic mass is 10.0. The van der Waals surface area contributed by atoms with Crippen molar-refractivity contribution in [3.8, 4) is 10.4 Å². The molecule has 0 saturated carbocycles. The number of benzene rings is 2. The molecule has 2 amide bonds. The molecule has 1 aliphatic carbocycles. The monoisotopic (exact) mass is 546 g/mol. The van der Waals surface area contributed by atoms with E-state index in [1.54, 1.807) is 11.3 Å². The van der Waals surface area contributed by atoms with Crippen LogP contribution in [0.1, 0.15) is 37.0 Å². The molecule has 0 fully saturated rings. The van der Waals surface area contributed by atoms with E-state index in [0.717, 1.165) is 36.1 Å². The number of nitrogens with zero attached hydrogens (tertiary/aromatic N) is 2. The van der Waals surface area contributed by atoms with Gasteiger partial charge in [-0.2, -0.15) is 0 Å². The molecule has 4 rings (SSSR count). The molecule has 7 heteroatoms. The van der Waals surface area contributed by atoms with Crippen molar-refractivity contribution >= 4 is 28.8 Å². The van der Waals surface area contributed by atoms with Crippen LogP contribution in [0, 0.1) is 12.8 Å². The van der Waals surface area contributed by atoms with Gasteiger partial charge >= 0.3 is 0 Å². The summed E-state index contributed by atoms with van der Waals surface area (Å²) < 4.78 is 0. The van der Waals surface area contributed by atoms with Crippen molar-refractivity contribution in [3.63, 3.8) is 0 Å². The van der Waals surface area contributed by atoms with E-state index in [4.69, 9.17) is 0 Å². The summed E-state index contributed by atoms with van der Waals surface area (Å²) in [5, 5.41) is 8.39. The van der Waals surface area contributed by atoms with Crippen LogP contribution >= 0.6 is 11.3 Å². The molecule has 3 aromatic rings. The summed E-state index contributed by atoms with van der Waals surface area (Å²) in [6.07, 6.45) is 3.16. The Balaban J connectivity index is 1.42. The first-order valence-electron chi connectivity index (χ1n) is 14.0. The van der Waals surface area contributed by atoms with Crippen molar-refractivity contribution in [2.24, 2.45) is 5.92 Å². The molecule has 1 aliphatic rings. The zero-order valence-corrected chi connectivity index (χ0v) is 24.5. The molecule has 0 unspecified atom stereocenters. The maximum atomic E-state index is 13.4. The lowest BCUT2D eigenvalue weighted by Gasteiger charge is -2.28. The molecule has 0 radical (unpaired) electrons. The second-order valence-electron chi connectivity index (χ2n) is 10.9. The number of fused-ring (bicyclic) bond motifs is 1. The van der Waals surface area contributed by atoms with Gasteiger partial charge in [-0.25, -0.2) is 0 Å². The highest BCUT2D eigenvalue weighted by Crippen LogP contribution is 2.31. The van der Waals surface area contributed by atoms with E-state index < -0.39 is 0 Å². The number of rotatable bonds is 13. The van der Waals surface area contributed by atoms with Gasteiger partial charge in [0.2, 0.25) is 11.8 Å². The predicted molar refractivity (Wildman–Crippen MR) is 162 cm³/mol. The number of anilines is 1. The van der Waals surface area contributed by atoms with E-state index >= 15 is 0 Å². The van der Waals surface area contributed by atoms with E-state index in [1.807, 2.05) is 29.8 Å². The fourth-order valence-corrected chi connectivity index (χ4v) is 5.93. The Morgan fingerprint density at radius 1 is 1.00 bits per heavy atom. The van der Waals surface area contributed by atoms with Gasteiger partial charge < -0.3 is 20.4 Å². The fraction of sp³-hybridized carbons (Fsp3) is 0.438. The van der Waals surface area contributed by atoms with Crippen molar-refractivity contribution in [2.45, 2.75) is 46.1 Å². The van der Waals surface area contributed by atoms with Crippen LogP contribution in [-0.4, -0.2) is 62.5 Å². The molecule has 6 nitrogen and oxygen atoms in total. The van der Waals surface area contributed by atoms with E-state index in [0.29, 0.717) is 31.6 Å². The Morgan fingerprint density at radius 2 is 1.74 bits per heavy atom. The fourth-order valence-electron chi connectivity index (χ4n) is 5.20. The molecule has 0 saturated heterocycles. The number of hydrogen-bond donors (Lipinski definition) is 2. The molecular formula is C32H42N4O2S. The first-order chi connectivity index (χ1) is 18.8. The maximum Gasteiger partial charge on any atom is 0.241 e. The molecule has 39 heavy (non-hydrogen) atoms.